The van der Waals surface area contributed by atoms with Gasteiger partial charge in [-0.05, 0) is 14.0 Å². The topological polar surface area (TPSA) is 32.3 Å². The maximum atomic E-state index is 6.15. The summed E-state index contributed by atoms with van der Waals surface area (Å²) in [4.78, 5) is 13.7. The summed E-state index contributed by atoms with van der Waals surface area (Å²) in [5.41, 5.74) is -0.0855. The number of aromatic nitrogens is 2. The van der Waals surface area contributed by atoms with E-state index in [-0.39, 0.29) is 5.41 Å². The van der Waals surface area contributed by atoms with E-state index < -0.39 is 0 Å². The van der Waals surface area contributed by atoms with Crippen LogP contribution in [0.4, 0.5) is 5.82 Å². The van der Waals surface area contributed by atoms with Crippen LogP contribution >= 0.6 is 11.6 Å². The molecule has 0 aliphatic carbocycles. The Bertz CT molecular complexity index is 455. The minimum Gasteiger partial charge on any atom is -0.354 e. The molecular formula is C14H23ClN4. The zero-order valence-corrected chi connectivity index (χ0v) is 13.2. The zero-order valence-electron chi connectivity index (χ0n) is 12.4. The third-order valence-electron chi connectivity index (χ3n) is 3.64. The van der Waals surface area contributed by atoms with Gasteiger partial charge in [-0.2, -0.15) is 0 Å². The standard InChI is InChI=1S/C14H23ClN4/c1-10-9-19(7-6-18(10)5)12-8-11(15)16-13(17-12)14(2,3)4/h8,10H,6-7,9H2,1-5H3. The number of rotatable bonds is 1. The highest BCUT2D eigenvalue weighted by molar-refractivity contribution is 6.29. The van der Waals surface area contributed by atoms with E-state index in [2.05, 4.69) is 49.5 Å². The predicted octanol–water partition coefficient (Wildman–Crippen LogP) is 2.57. The Morgan fingerprint density at radius 3 is 2.53 bits per heavy atom. The lowest BCUT2D eigenvalue weighted by atomic mass is 9.96. The van der Waals surface area contributed by atoms with E-state index in [1.807, 2.05) is 6.07 Å². The third-order valence-corrected chi connectivity index (χ3v) is 3.83. The van der Waals surface area contributed by atoms with Crippen molar-refractivity contribution in [1.82, 2.24) is 14.9 Å². The average Bonchev–Trinajstić information content (AvgIpc) is 2.31. The van der Waals surface area contributed by atoms with Gasteiger partial charge >= 0.3 is 0 Å². The van der Waals surface area contributed by atoms with Crippen molar-refractivity contribution in [3.05, 3.63) is 17.0 Å². The summed E-state index contributed by atoms with van der Waals surface area (Å²) in [6.07, 6.45) is 0. The summed E-state index contributed by atoms with van der Waals surface area (Å²) in [5.74, 6) is 1.76. The highest BCUT2D eigenvalue weighted by Gasteiger charge is 2.24. The van der Waals surface area contributed by atoms with Crippen LogP contribution < -0.4 is 4.90 Å². The zero-order chi connectivity index (χ0) is 14.2. The second kappa shape index (κ2) is 5.25. The van der Waals surface area contributed by atoms with Crippen LogP contribution in [0.3, 0.4) is 0 Å². The maximum Gasteiger partial charge on any atom is 0.137 e. The van der Waals surface area contributed by atoms with Crippen LogP contribution in [0.1, 0.15) is 33.5 Å². The first-order chi connectivity index (χ1) is 8.77. The Morgan fingerprint density at radius 2 is 1.95 bits per heavy atom. The van der Waals surface area contributed by atoms with Crippen LogP contribution in [0, 0.1) is 0 Å². The second-order valence-electron chi connectivity index (χ2n) is 6.40. The molecule has 2 heterocycles. The molecule has 1 aromatic rings. The van der Waals surface area contributed by atoms with Gasteiger partial charge in [-0.25, -0.2) is 9.97 Å². The van der Waals surface area contributed by atoms with E-state index in [4.69, 9.17) is 16.6 Å². The highest BCUT2D eigenvalue weighted by Crippen LogP contribution is 2.25. The lowest BCUT2D eigenvalue weighted by molar-refractivity contribution is 0.233. The Hall–Kier alpha value is -0.870. The highest BCUT2D eigenvalue weighted by atomic mass is 35.5. The van der Waals surface area contributed by atoms with Gasteiger partial charge in [-0.1, -0.05) is 32.4 Å². The molecule has 0 saturated carbocycles. The first-order valence-corrected chi connectivity index (χ1v) is 7.15. The molecule has 0 aromatic carbocycles. The molecule has 106 valence electrons. The Labute approximate surface area is 120 Å². The molecular weight excluding hydrogens is 260 g/mol. The fraction of sp³-hybridized carbons (Fsp3) is 0.714. The predicted molar refractivity (Wildman–Crippen MR) is 80.0 cm³/mol. The summed E-state index contributed by atoms with van der Waals surface area (Å²) in [6.45, 7) is 11.6. The molecule has 1 unspecified atom stereocenters. The molecule has 1 atom stereocenters. The van der Waals surface area contributed by atoms with Crippen molar-refractivity contribution in [3.8, 4) is 0 Å². The molecule has 1 aromatic heterocycles. The van der Waals surface area contributed by atoms with Crippen molar-refractivity contribution in [2.75, 3.05) is 31.6 Å². The average molecular weight is 283 g/mol. The van der Waals surface area contributed by atoms with E-state index in [0.717, 1.165) is 31.3 Å². The molecule has 0 amide bonds. The van der Waals surface area contributed by atoms with Gasteiger partial charge in [0.05, 0.1) is 0 Å². The second-order valence-corrected chi connectivity index (χ2v) is 6.79. The largest absolute Gasteiger partial charge is 0.354 e. The Balaban J connectivity index is 2.28. The molecule has 19 heavy (non-hydrogen) atoms. The van der Waals surface area contributed by atoms with Crippen LogP contribution in [0.2, 0.25) is 5.15 Å². The molecule has 5 heteroatoms. The van der Waals surface area contributed by atoms with E-state index in [9.17, 15) is 0 Å². The number of halogens is 1. The molecule has 2 rings (SSSR count). The summed E-state index contributed by atoms with van der Waals surface area (Å²) in [5, 5.41) is 0.529. The van der Waals surface area contributed by atoms with Gasteiger partial charge in [-0.3, -0.25) is 0 Å². The summed E-state index contributed by atoms with van der Waals surface area (Å²) in [6, 6.07) is 2.40. The molecule has 1 aliphatic rings. The van der Waals surface area contributed by atoms with Gasteiger partial charge in [0.25, 0.3) is 0 Å². The van der Waals surface area contributed by atoms with Crippen molar-refractivity contribution in [1.29, 1.82) is 0 Å². The van der Waals surface area contributed by atoms with Gasteiger partial charge < -0.3 is 9.80 Å². The fourth-order valence-electron chi connectivity index (χ4n) is 2.16. The summed E-state index contributed by atoms with van der Waals surface area (Å²) >= 11 is 6.15. The quantitative estimate of drug-likeness (QED) is 0.741. The SMILES string of the molecule is CC1CN(c2cc(Cl)nc(C(C)(C)C)n2)CCN1C. The van der Waals surface area contributed by atoms with Crippen LogP contribution in [0.25, 0.3) is 0 Å². The first kappa shape index (κ1) is 14.5. The molecule has 0 bridgehead atoms. The number of hydrogen-bond acceptors (Lipinski definition) is 4. The van der Waals surface area contributed by atoms with Crippen molar-refractivity contribution in [2.45, 2.75) is 39.2 Å². The first-order valence-electron chi connectivity index (χ1n) is 6.77. The van der Waals surface area contributed by atoms with Crippen molar-refractivity contribution >= 4 is 17.4 Å². The lowest BCUT2D eigenvalue weighted by Crippen LogP contribution is -2.50. The Kier molecular flexibility index (Phi) is 4.02. The normalized spacial score (nSPS) is 21.8. The van der Waals surface area contributed by atoms with E-state index in [1.54, 1.807) is 0 Å². The van der Waals surface area contributed by atoms with Gasteiger partial charge in [0.1, 0.15) is 16.8 Å². The monoisotopic (exact) mass is 282 g/mol. The molecule has 1 fully saturated rings. The van der Waals surface area contributed by atoms with Gasteiger partial charge in [0, 0.05) is 37.2 Å². The minimum absolute atomic E-state index is 0.0855. The van der Waals surface area contributed by atoms with Gasteiger partial charge in [-0.15, -0.1) is 0 Å². The van der Waals surface area contributed by atoms with Crippen molar-refractivity contribution < 1.29 is 0 Å². The molecule has 1 aliphatic heterocycles. The Morgan fingerprint density at radius 1 is 1.26 bits per heavy atom. The number of hydrogen-bond donors (Lipinski definition) is 0. The number of likely N-dealkylation sites (N-methyl/N-ethyl adjacent to an activating group) is 1. The summed E-state index contributed by atoms with van der Waals surface area (Å²) < 4.78 is 0. The molecule has 0 N–H and O–H groups in total. The van der Waals surface area contributed by atoms with Gasteiger partial charge in [0.2, 0.25) is 0 Å². The molecule has 1 saturated heterocycles. The number of anilines is 1. The van der Waals surface area contributed by atoms with Crippen molar-refractivity contribution in [3.63, 3.8) is 0 Å². The van der Waals surface area contributed by atoms with Crippen LogP contribution in [0.5, 0.6) is 0 Å². The van der Waals surface area contributed by atoms with E-state index in [0.29, 0.717) is 11.2 Å². The molecule has 0 spiro atoms. The molecule has 0 radical (unpaired) electrons. The van der Waals surface area contributed by atoms with Crippen molar-refractivity contribution in [2.24, 2.45) is 0 Å². The molecule has 4 nitrogen and oxygen atoms in total. The third kappa shape index (κ3) is 3.37. The lowest BCUT2D eigenvalue weighted by Gasteiger charge is -2.38. The summed E-state index contributed by atoms with van der Waals surface area (Å²) in [7, 11) is 2.16. The fourth-order valence-corrected chi connectivity index (χ4v) is 2.34. The number of piperazine rings is 1. The number of nitrogens with zero attached hydrogens (tertiary/aromatic N) is 4. The van der Waals surface area contributed by atoms with Crippen LogP contribution in [-0.4, -0.2) is 47.6 Å². The minimum atomic E-state index is -0.0855. The van der Waals surface area contributed by atoms with Crippen LogP contribution in [0.15, 0.2) is 6.07 Å². The van der Waals surface area contributed by atoms with Gasteiger partial charge in [0.15, 0.2) is 0 Å². The maximum absolute atomic E-state index is 6.15. The van der Waals surface area contributed by atoms with Crippen LogP contribution in [-0.2, 0) is 5.41 Å². The van der Waals surface area contributed by atoms with E-state index in [1.165, 1.54) is 0 Å². The van der Waals surface area contributed by atoms with E-state index >= 15 is 0 Å². The smallest absolute Gasteiger partial charge is 0.137 e.